The minimum atomic E-state index is -0.402. The number of nitrogens with one attached hydrogen (secondary N) is 1. The molecule has 2 rings (SSSR count). The summed E-state index contributed by atoms with van der Waals surface area (Å²) in [5.41, 5.74) is 4.67. The van der Waals surface area contributed by atoms with Crippen molar-refractivity contribution in [1.82, 2.24) is 5.43 Å². The van der Waals surface area contributed by atoms with Gasteiger partial charge in [0.15, 0.2) is 6.61 Å². The molecule has 0 unspecified atom stereocenters. The summed E-state index contributed by atoms with van der Waals surface area (Å²) in [6.07, 6.45) is 1.37. The lowest BCUT2D eigenvalue weighted by Gasteiger charge is -2.06. The van der Waals surface area contributed by atoms with E-state index < -0.39 is 5.91 Å². The molecule has 0 aliphatic carbocycles. The zero-order chi connectivity index (χ0) is 16.8. The Morgan fingerprint density at radius 3 is 2.78 bits per heavy atom. The molecule has 0 spiro atoms. The predicted molar refractivity (Wildman–Crippen MR) is 90.3 cm³/mol. The first-order valence-electron chi connectivity index (χ1n) is 6.96. The number of carbonyl (C=O) groups excluding carboxylic acids is 1. The monoisotopic (exact) mass is 332 g/mol. The standard InChI is InChI=1S/C17H17ClN2O3/c1-11-3-4-13(16(21)7-11)9-19-20-17(22)10-23-14-5-6-15(18)12(2)8-14/h3-9,21H,10H2,1-2H3,(H,20,22)/b19-9+. The molecule has 0 atom stereocenters. The summed E-state index contributed by atoms with van der Waals surface area (Å²) in [6, 6.07) is 10.3. The molecule has 6 heteroatoms. The van der Waals surface area contributed by atoms with E-state index in [4.69, 9.17) is 16.3 Å². The second-order valence-electron chi connectivity index (χ2n) is 5.06. The Morgan fingerprint density at radius 1 is 1.30 bits per heavy atom. The van der Waals surface area contributed by atoms with E-state index in [0.29, 0.717) is 16.3 Å². The lowest BCUT2D eigenvalue weighted by Crippen LogP contribution is -2.24. The SMILES string of the molecule is Cc1ccc(/C=N/NC(=O)COc2ccc(Cl)c(C)c2)c(O)c1. The number of amides is 1. The number of hydrazone groups is 1. The molecule has 0 aliphatic rings. The van der Waals surface area contributed by atoms with Gasteiger partial charge >= 0.3 is 0 Å². The van der Waals surface area contributed by atoms with Gasteiger partial charge in [0.1, 0.15) is 11.5 Å². The van der Waals surface area contributed by atoms with E-state index in [-0.39, 0.29) is 12.4 Å². The number of nitrogens with zero attached hydrogens (tertiary/aromatic N) is 1. The van der Waals surface area contributed by atoms with Gasteiger partial charge in [0, 0.05) is 10.6 Å². The molecule has 5 nitrogen and oxygen atoms in total. The van der Waals surface area contributed by atoms with Crippen molar-refractivity contribution in [2.75, 3.05) is 6.61 Å². The minimum Gasteiger partial charge on any atom is -0.507 e. The van der Waals surface area contributed by atoms with Crippen LogP contribution in [-0.2, 0) is 4.79 Å². The lowest BCUT2D eigenvalue weighted by molar-refractivity contribution is -0.123. The molecule has 0 aliphatic heterocycles. The summed E-state index contributed by atoms with van der Waals surface area (Å²) < 4.78 is 5.35. The fourth-order valence-corrected chi connectivity index (χ4v) is 1.94. The molecular formula is C17H17ClN2O3. The molecule has 0 aromatic heterocycles. The largest absolute Gasteiger partial charge is 0.507 e. The second kappa shape index (κ2) is 7.65. The number of aromatic hydroxyl groups is 1. The summed E-state index contributed by atoms with van der Waals surface area (Å²) in [4.78, 5) is 11.7. The van der Waals surface area contributed by atoms with Crippen LogP contribution in [0.15, 0.2) is 41.5 Å². The zero-order valence-electron chi connectivity index (χ0n) is 12.8. The Bertz CT molecular complexity index is 745. The maximum atomic E-state index is 11.7. The van der Waals surface area contributed by atoms with Gasteiger partial charge in [-0.2, -0.15) is 5.10 Å². The van der Waals surface area contributed by atoms with Gasteiger partial charge in [-0.3, -0.25) is 4.79 Å². The van der Waals surface area contributed by atoms with Crippen LogP contribution in [0.25, 0.3) is 0 Å². The van der Waals surface area contributed by atoms with Crippen LogP contribution in [0.3, 0.4) is 0 Å². The predicted octanol–water partition coefficient (Wildman–Crippen LogP) is 3.19. The van der Waals surface area contributed by atoms with Crippen molar-refractivity contribution in [3.05, 3.63) is 58.1 Å². The highest BCUT2D eigenvalue weighted by atomic mass is 35.5. The quantitative estimate of drug-likeness (QED) is 0.652. The third-order valence-electron chi connectivity index (χ3n) is 3.08. The van der Waals surface area contributed by atoms with Crippen molar-refractivity contribution in [3.63, 3.8) is 0 Å². The van der Waals surface area contributed by atoms with E-state index in [2.05, 4.69) is 10.5 Å². The van der Waals surface area contributed by atoms with Gasteiger partial charge in [-0.25, -0.2) is 5.43 Å². The fraction of sp³-hybridized carbons (Fsp3) is 0.176. The average molecular weight is 333 g/mol. The number of carbonyl (C=O) groups is 1. The van der Waals surface area contributed by atoms with E-state index in [1.807, 2.05) is 19.9 Å². The van der Waals surface area contributed by atoms with Crippen LogP contribution >= 0.6 is 11.6 Å². The Morgan fingerprint density at radius 2 is 2.09 bits per heavy atom. The van der Waals surface area contributed by atoms with Crippen LogP contribution in [-0.4, -0.2) is 23.8 Å². The zero-order valence-corrected chi connectivity index (χ0v) is 13.6. The maximum Gasteiger partial charge on any atom is 0.277 e. The lowest BCUT2D eigenvalue weighted by atomic mass is 10.1. The normalized spacial score (nSPS) is 10.7. The molecule has 0 saturated carbocycles. The van der Waals surface area contributed by atoms with Gasteiger partial charge < -0.3 is 9.84 Å². The fourth-order valence-electron chi connectivity index (χ4n) is 1.82. The summed E-state index contributed by atoms with van der Waals surface area (Å²) in [5.74, 6) is 0.263. The van der Waals surface area contributed by atoms with E-state index >= 15 is 0 Å². The van der Waals surface area contributed by atoms with Crippen LogP contribution in [0.5, 0.6) is 11.5 Å². The number of hydrogen-bond acceptors (Lipinski definition) is 4. The van der Waals surface area contributed by atoms with Crippen LogP contribution in [0.4, 0.5) is 0 Å². The first kappa shape index (κ1) is 16.8. The molecule has 0 saturated heterocycles. The number of benzene rings is 2. The number of rotatable bonds is 5. The van der Waals surface area contributed by atoms with Gasteiger partial charge in [0.25, 0.3) is 5.91 Å². The molecule has 2 aromatic carbocycles. The van der Waals surface area contributed by atoms with Gasteiger partial charge in [-0.05, 0) is 55.3 Å². The molecule has 0 radical (unpaired) electrons. The Labute approximate surface area is 139 Å². The highest BCUT2D eigenvalue weighted by Crippen LogP contribution is 2.20. The van der Waals surface area contributed by atoms with E-state index in [1.54, 1.807) is 30.3 Å². The average Bonchev–Trinajstić information content (AvgIpc) is 2.50. The maximum absolute atomic E-state index is 11.7. The van der Waals surface area contributed by atoms with Crippen molar-refractivity contribution in [2.45, 2.75) is 13.8 Å². The molecule has 1 amide bonds. The van der Waals surface area contributed by atoms with Crippen LogP contribution in [0.1, 0.15) is 16.7 Å². The van der Waals surface area contributed by atoms with E-state index in [9.17, 15) is 9.90 Å². The molecule has 23 heavy (non-hydrogen) atoms. The van der Waals surface area contributed by atoms with Crippen LogP contribution in [0, 0.1) is 13.8 Å². The molecule has 120 valence electrons. The van der Waals surface area contributed by atoms with Crippen LogP contribution < -0.4 is 10.2 Å². The Kier molecular flexibility index (Phi) is 5.60. The van der Waals surface area contributed by atoms with E-state index in [0.717, 1.165) is 11.1 Å². The van der Waals surface area contributed by atoms with Crippen molar-refractivity contribution in [3.8, 4) is 11.5 Å². The topological polar surface area (TPSA) is 70.9 Å². The third-order valence-corrected chi connectivity index (χ3v) is 3.50. The van der Waals surface area contributed by atoms with Gasteiger partial charge in [0.2, 0.25) is 0 Å². The Hall–Kier alpha value is -2.53. The minimum absolute atomic E-state index is 0.107. The van der Waals surface area contributed by atoms with Gasteiger partial charge in [-0.15, -0.1) is 0 Å². The Balaban J connectivity index is 1.85. The smallest absolute Gasteiger partial charge is 0.277 e. The summed E-state index contributed by atoms with van der Waals surface area (Å²) in [5, 5.41) is 14.2. The number of aryl methyl sites for hydroxylation is 2. The van der Waals surface area contributed by atoms with Crippen LogP contribution in [0.2, 0.25) is 5.02 Å². The molecule has 0 heterocycles. The highest BCUT2D eigenvalue weighted by Gasteiger charge is 2.03. The molecular weight excluding hydrogens is 316 g/mol. The van der Waals surface area contributed by atoms with Crippen molar-refractivity contribution in [1.29, 1.82) is 0 Å². The summed E-state index contributed by atoms with van der Waals surface area (Å²) in [7, 11) is 0. The van der Waals surface area contributed by atoms with Crippen molar-refractivity contribution in [2.24, 2.45) is 5.10 Å². The van der Waals surface area contributed by atoms with E-state index in [1.165, 1.54) is 6.21 Å². The van der Waals surface area contributed by atoms with Gasteiger partial charge in [-0.1, -0.05) is 17.7 Å². The highest BCUT2D eigenvalue weighted by molar-refractivity contribution is 6.31. The second-order valence-corrected chi connectivity index (χ2v) is 5.46. The van der Waals surface area contributed by atoms with Crippen molar-refractivity contribution >= 4 is 23.7 Å². The third kappa shape index (κ3) is 5.00. The molecule has 2 N–H and O–H groups in total. The first-order chi connectivity index (χ1) is 11.0. The number of phenolic OH excluding ortho intramolecular Hbond substituents is 1. The summed E-state index contributed by atoms with van der Waals surface area (Å²) >= 11 is 5.92. The number of phenols is 1. The number of halogens is 1. The molecule has 0 bridgehead atoms. The first-order valence-corrected chi connectivity index (χ1v) is 7.34. The number of hydrogen-bond donors (Lipinski definition) is 2. The molecule has 2 aromatic rings. The molecule has 0 fully saturated rings. The van der Waals surface area contributed by atoms with Crippen molar-refractivity contribution < 1.29 is 14.6 Å². The number of ether oxygens (including phenoxy) is 1. The summed E-state index contributed by atoms with van der Waals surface area (Å²) in [6.45, 7) is 3.56. The van der Waals surface area contributed by atoms with Gasteiger partial charge in [0.05, 0.1) is 6.21 Å².